The highest BCUT2D eigenvalue weighted by molar-refractivity contribution is 5.52. The van der Waals surface area contributed by atoms with Crippen molar-refractivity contribution in [3.8, 4) is 5.75 Å². The molecule has 5 nitrogen and oxygen atoms in total. The van der Waals surface area contributed by atoms with E-state index >= 15 is 0 Å². The van der Waals surface area contributed by atoms with Gasteiger partial charge < -0.3 is 24.7 Å². The van der Waals surface area contributed by atoms with Crippen molar-refractivity contribution in [2.75, 3.05) is 45.2 Å². The summed E-state index contributed by atoms with van der Waals surface area (Å²) in [6.07, 6.45) is -4.77. The van der Waals surface area contributed by atoms with Crippen molar-refractivity contribution in [2.45, 2.75) is 18.9 Å². The van der Waals surface area contributed by atoms with Crippen molar-refractivity contribution in [3.05, 3.63) is 59.7 Å². The summed E-state index contributed by atoms with van der Waals surface area (Å²) in [7, 11) is 3.80. The van der Waals surface area contributed by atoms with Crippen molar-refractivity contribution in [1.82, 2.24) is 4.90 Å². The number of benzene rings is 2. The van der Waals surface area contributed by atoms with Crippen molar-refractivity contribution < 1.29 is 28.1 Å². The van der Waals surface area contributed by atoms with E-state index in [9.17, 15) is 23.4 Å². The van der Waals surface area contributed by atoms with Gasteiger partial charge in [-0.05, 0) is 42.4 Å². The van der Waals surface area contributed by atoms with Crippen LogP contribution in [0, 0.1) is 5.41 Å². The van der Waals surface area contributed by atoms with Gasteiger partial charge in [-0.3, -0.25) is 0 Å². The smallest absolute Gasteiger partial charge is 0.406 e. The van der Waals surface area contributed by atoms with Gasteiger partial charge in [-0.25, -0.2) is 0 Å². The number of halogens is 3. The molecule has 0 spiro atoms. The molecule has 2 aromatic rings. The monoisotopic (exact) mass is 424 g/mol. The van der Waals surface area contributed by atoms with Crippen LogP contribution in [0.2, 0.25) is 0 Å². The van der Waals surface area contributed by atoms with Crippen LogP contribution >= 0.6 is 0 Å². The third-order valence-corrected chi connectivity index (χ3v) is 5.76. The number of aliphatic hydroxyl groups is 2. The van der Waals surface area contributed by atoms with E-state index in [-0.39, 0.29) is 12.4 Å². The number of hydrogen-bond donors (Lipinski definition) is 2. The van der Waals surface area contributed by atoms with Crippen LogP contribution in [0.15, 0.2) is 48.5 Å². The molecule has 0 amide bonds. The molecule has 0 saturated carbocycles. The SMILES string of the molecule is CN1CC(C)([C@@](O)(c2ccc(OC(F)(F)F)cc2)c2cccc(N(C)CCO)c2)C1. The molecule has 3 rings (SSSR count). The third kappa shape index (κ3) is 4.26. The van der Waals surface area contributed by atoms with Crippen molar-refractivity contribution in [3.63, 3.8) is 0 Å². The van der Waals surface area contributed by atoms with Crippen LogP contribution in [0.25, 0.3) is 0 Å². The zero-order valence-corrected chi connectivity index (χ0v) is 17.3. The Hall–Kier alpha value is -2.29. The normalized spacial score (nSPS) is 18.4. The summed E-state index contributed by atoms with van der Waals surface area (Å²) in [5, 5.41) is 21.3. The number of anilines is 1. The maximum Gasteiger partial charge on any atom is 0.573 e. The number of hydrogen-bond acceptors (Lipinski definition) is 5. The summed E-state index contributed by atoms with van der Waals surface area (Å²) < 4.78 is 41.5. The minimum absolute atomic E-state index is 0.00578. The Morgan fingerprint density at radius 3 is 2.27 bits per heavy atom. The molecule has 0 radical (unpaired) electrons. The second-order valence-electron chi connectivity index (χ2n) is 8.21. The fraction of sp³-hybridized carbons (Fsp3) is 0.455. The number of ether oxygens (including phenoxy) is 1. The molecule has 0 bridgehead atoms. The van der Waals surface area contributed by atoms with E-state index in [1.54, 1.807) is 0 Å². The lowest BCUT2D eigenvalue weighted by molar-refractivity contribution is -0.274. The Bertz CT molecular complexity index is 867. The van der Waals surface area contributed by atoms with Gasteiger partial charge in [-0.2, -0.15) is 0 Å². The number of rotatable bonds is 7. The molecule has 1 aliphatic rings. The van der Waals surface area contributed by atoms with Gasteiger partial charge in [0, 0.05) is 37.8 Å². The number of likely N-dealkylation sites (N-methyl/N-ethyl adjacent to an activating group) is 1. The van der Waals surface area contributed by atoms with Gasteiger partial charge in [-0.1, -0.05) is 31.2 Å². The Morgan fingerprint density at radius 1 is 1.10 bits per heavy atom. The number of aliphatic hydroxyl groups excluding tert-OH is 1. The van der Waals surface area contributed by atoms with E-state index in [0.29, 0.717) is 30.8 Å². The number of alkyl halides is 3. The van der Waals surface area contributed by atoms with Gasteiger partial charge in [0.2, 0.25) is 0 Å². The molecule has 0 unspecified atom stereocenters. The summed E-state index contributed by atoms with van der Waals surface area (Å²) in [4.78, 5) is 3.95. The standard InChI is InChI=1S/C22H27F3N2O3/c1-20(14-26(2)15-20)21(29,16-7-9-19(10-8-16)30-22(23,24)25)17-5-4-6-18(13-17)27(3)11-12-28/h4-10,13,28-29H,11-12,14-15H2,1-3H3/t21-/m1/s1. The van der Waals surface area contributed by atoms with E-state index in [1.807, 2.05) is 50.2 Å². The molecule has 1 fully saturated rings. The Balaban J connectivity index is 2.04. The average Bonchev–Trinajstić information content (AvgIpc) is 2.66. The highest BCUT2D eigenvalue weighted by Gasteiger charge is 2.55. The first-order chi connectivity index (χ1) is 14.0. The van der Waals surface area contributed by atoms with Crippen molar-refractivity contribution in [1.29, 1.82) is 0 Å². The van der Waals surface area contributed by atoms with Crippen LogP contribution in [0.1, 0.15) is 18.1 Å². The zero-order valence-electron chi connectivity index (χ0n) is 17.3. The van der Waals surface area contributed by atoms with Crippen molar-refractivity contribution >= 4 is 5.69 Å². The molecule has 1 heterocycles. The fourth-order valence-electron chi connectivity index (χ4n) is 4.38. The molecule has 1 aliphatic heterocycles. The lowest BCUT2D eigenvalue weighted by atomic mass is 9.62. The van der Waals surface area contributed by atoms with Crippen LogP contribution in [-0.4, -0.2) is 61.8 Å². The van der Waals surface area contributed by atoms with Crippen molar-refractivity contribution in [2.24, 2.45) is 5.41 Å². The largest absolute Gasteiger partial charge is 0.573 e. The summed E-state index contributed by atoms with van der Waals surface area (Å²) in [6.45, 7) is 3.65. The topological polar surface area (TPSA) is 56.2 Å². The minimum Gasteiger partial charge on any atom is -0.406 e. The molecule has 2 aromatic carbocycles. The van der Waals surface area contributed by atoms with E-state index in [4.69, 9.17) is 0 Å². The minimum atomic E-state index is -4.77. The first-order valence-electron chi connectivity index (χ1n) is 9.68. The zero-order chi connectivity index (χ0) is 22.2. The molecule has 30 heavy (non-hydrogen) atoms. The van der Waals surface area contributed by atoms with Crippen LogP contribution in [-0.2, 0) is 5.60 Å². The number of nitrogens with zero attached hydrogens (tertiary/aromatic N) is 2. The lowest BCUT2D eigenvalue weighted by Gasteiger charge is -2.56. The second-order valence-corrected chi connectivity index (χ2v) is 8.21. The van der Waals surface area contributed by atoms with E-state index in [1.165, 1.54) is 24.3 Å². The molecule has 1 saturated heterocycles. The Morgan fingerprint density at radius 2 is 1.73 bits per heavy atom. The highest BCUT2D eigenvalue weighted by Crippen LogP contribution is 2.50. The Labute approximate surface area is 174 Å². The maximum atomic E-state index is 12.5. The highest BCUT2D eigenvalue weighted by atomic mass is 19.4. The van der Waals surface area contributed by atoms with Gasteiger partial charge in [0.15, 0.2) is 0 Å². The van der Waals surface area contributed by atoms with Gasteiger partial charge >= 0.3 is 6.36 Å². The summed E-state index contributed by atoms with van der Waals surface area (Å²) in [5.41, 5.74) is 0.00187. The first kappa shape index (κ1) is 22.4. The van der Waals surface area contributed by atoms with Crippen LogP contribution in [0.5, 0.6) is 5.75 Å². The predicted molar refractivity (Wildman–Crippen MR) is 109 cm³/mol. The average molecular weight is 424 g/mol. The molecule has 0 aromatic heterocycles. The van der Waals surface area contributed by atoms with Gasteiger partial charge in [0.1, 0.15) is 11.4 Å². The molecule has 164 valence electrons. The van der Waals surface area contributed by atoms with Gasteiger partial charge in [0.05, 0.1) is 6.61 Å². The number of likely N-dealkylation sites (tertiary alicyclic amines) is 1. The molecule has 2 N–H and O–H groups in total. The summed E-state index contributed by atoms with van der Waals surface area (Å²) in [5.74, 6) is -0.332. The van der Waals surface area contributed by atoms with Crippen LogP contribution in [0.4, 0.5) is 18.9 Å². The second kappa shape index (κ2) is 8.09. The maximum absolute atomic E-state index is 12.5. The van der Waals surface area contributed by atoms with Crippen LogP contribution < -0.4 is 9.64 Å². The summed E-state index contributed by atoms with van der Waals surface area (Å²) in [6, 6.07) is 12.8. The quantitative estimate of drug-likeness (QED) is 0.715. The first-order valence-corrected chi connectivity index (χ1v) is 9.68. The molecule has 0 aliphatic carbocycles. The van der Waals surface area contributed by atoms with Crippen LogP contribution in [0.3, 0.4) is 0 Å². The van der Waals surface area contributed by atoms with E-state index < -0.39 is 17.4 Å². The summed E-state index contributed by atoms with van der Waals surface area (Å²) >= 11 is 0. The third-order valence-electron chi connectivity index (χ3n) is 5.76. The van der Waals surface area contributed by atoms with Gasteiger partial charge in [0.25, 0.3) is 0 Å². The fourth-order valence-corrected chi connectivity index (χ4v) is 4.38. The lowest BCUT2D eigenvalue weighted by Crippen LogP contribution is -2.63. The predicted octanol–water partition coefficient (Wildman–Crippen LogP) is 3.20. The van der Waals surface area contributed by atoms with Gasteiger partial charge in [-0.15, -0.1) is 13.2 Å². The molecule has 8 heteroatoms. The molecule has 1 atom stereocenters. The van der Waals surface area contributed by atoms with E-state index in [0.717, 1.165) is 5.69 Å². The van der Waals surface area contributed by atoms with E-state index in [2.05, 4.69) is 9.64 Å². The molecular weight excluding hydrogens is 397 g/mol. The Kier molecular flexibility index (Phi) is 6.04. The molecular formula is C22H27F3N2O3.